The first kappa shape index (κ1) is 17.9. The molecule has 1 aromatic heterocycles. The monoisotopic (exact) mass is 347 g/mol. The zero-order chi connectivity index (χ0) is 17.5. The topological polar surface area (TPSA) is 94.3 Å². The molecule has 1 aromatic carbocycles. The molecule has 2 amide bonds. The van der Waals surface area contributed by atoms with Crippen LogP contribution >= 0.6 is 11.3 Å². The molecule has 0 aliphatic carbocycles. The molecule has 0 radical (unpaired) electrons. The fourth-order valence-corrected chi connectivity index (χ4v) is 2.69. The van der Waals surface area contributed by atoms with Gasteiger partial charge in [-0.1, -0.05) is 26.3 Å². The van der Waals surface area contributed by atoms with Gasteiger partial charge in [0.05, 0.1) is 11.2 Å². The van der Waals surface area contributed by atoms with Crippen molar-refractivity contribution in [3.8, 4) is 5.75 Å². The van der Waals surface area contributed by atoms with Gasteiger partial charge in [0, 0.05) is 10.9 Å². The maximum absolute atomic E-state index is 12.4. The largest absolute Gasteiger partial charge is 0.487 e. The number of ether oxygens (including phenoxy) is 1. The minimum Gasteiger partial charge on any atom is -0.487 e. The molecule has 3 N–H and O–H groups in total. The standard InChI is InChI=1S/C17H21N3O3S/c1-3-11(2)15(16(18)21)20-17(22)12-5-4-6-14(7-12)23-8-13-9-24-10-19-13/h4-7,9-11,15H,3,8H2,1-2H3,(H2,18,21)(H,20,22). The Morgan fingerprint density at radius 1 is 1.42 bits per heavy atom. The molecule has 0 bridgehead atoms. The number of amides is 2. The zero-order valence-corrected chi connectivity index (χ0v) is 14.5. The van der Waals surface area contributed by atoms with Crippen LogP contribution in [0, 0.1) is 5.92 Å². The quantitative estimate of drug-likeness (QED) is 0.766. The van der Waals surface area contributed by atoms with E-state index in [9.17, 15) is 9.59 Å². The Balaban J connectivity index is 2.03. The van der Waals surface area contributed by atoms with Crippen molar-refractivity contribution in [3.63, 3.8) is 0 Å². The fourth-order valence-electron chi connectivity index (χ4n) is 2.15. The van der Waals surface area contributed by atoms with Crippen molar-refractivity contribution >= 4 is 23.2 Å². The average Bonchev–Trinajstić information content (AvgIpc) is 3.10. The first-order valence-corrected chi connectivity index (χ1v) is 8.65. The van der Waals surface area contributed by atoms with Gasteiger partial charge in [0.1, 0.15) is 18.4 Å². The van der Waals surface area contributed by atoms with Crippen LogP contribution in [0.2, 0.25) is 0 Å². The summed E-state index contributed by atoms with van der Waals surface area (Å²) >= 11 is 1.50. The maximum atomic E-state index is 12.4. The summed E-state index contributed by atoms with van der Waals surface area (Å²) in [4.78, 5) is 28.1. The van der Waals surface area contributed by atoms with Gasteiger partial charge in [0.25, 0.3) is 5.91 Å². The van der Waals surface area contributed by atoms with Crippen molar-refractivity contribution in [2.75, 3.05) is 0 Å². The van der Waals surface area contributed by atoms with Gasteiger partial charge in [-0.3, -0.25) is 9.59 Å². The molecule has 2 unspecified atom stereocenters. The van der Waals surface area contributed by atoms with Crippen LogP contribution in [0.1, 0.15) is 36.3 Å². The molecule has 0 aliphatic heterocycles. The highest BCUT2D eigenvalue weighted by Crippen LogP contribution is 2.16. The van der Waals surface area contributed by atoms with Crippen LogP contribution < -0.4 is 15.8 Å². The number of hydrogen-bond donors (Lipinski definition) is 2. The molecule has 0 spiro atoms. The second-order valence-corrected chi connectivity index (χ2v) is 6.25. The van der Waals surface area contributed by atoms with E-state index in [2.05, 4.69) is 10.3 Å². The summed E-state index contributed by atoms with van der Waals surface area (Å²) in [5, 5.41) is 4.60. The molecule has 0 saturated carbocycles. The van der Waals surface area contributed by atoms with Gasteiger partial charge >= 0.3 is 0 Å². The summed E-state index contributed by atoms with van der Waals surface area (Å²) in [7, 11) is 0. The Bertz CT molecular complexity index is 688. The van der Waals surface area contributed by atoms with E-state index in [0.717, 1.165) is 12.1 Å². The summed E-state index contributed by atoms with van der Waals surface area (Å²) < 4.78 is 5.63. The average molecular weight is 347 g/mol. The number of nitrogens with zero attached hydrogens (tertiary/aromatic N) is 1. The normalized spacial score (nSPS) is 13.1. The molecule has 7 heteroatoms. The van der Waals surface area contributed by atoms with E-state index in [1.807, 2.05) is 19.2 Å². The van der Waals surface area contributed by atoms with Crippen LogP contribution in [0.5, 0.6) is 5.75 Å². The maximum Gasteiger partial charge on any atom is 0.252 e. The smallest absolute Gasteiger partial charge is 0.252 e. The Morgan fingerprint density at radius 2 is 2.21 bits per heavy atom. The number of benzene rings is 1. The number of hydrogen-bond acceptors (Lipinski definition) is 5. The Hall–Kier alpha value is -2.41. The SMILES string of the molecule is CCC(C)C(NC(=O)c1cccc(OCc2cscn2)c1)C(N)=O. The van der Waals surface area contributed by atoms with Crippen molar-refractivity contribution < 1.29 is 14.3 Å². The molecule has 2 rings (SSSR count). The van der Waals surface area contributed by atoms with E-state index >= 15 is 0 Å². The number of carbonyl (C=O) groups is 2. The number of aromatic nitrogens is 1. The minimum absolute atomic E-state index is 0.0319. The molecule has 0 saturated heterocycles. The van der Waals surface area contributed by atoms with Crippen LogP contribution in [0.4, 0.5) is 0 Å². The van der Waals surface area contributed by atoms with E-state index in [0.29, 0.717) is 17.9 Å². The Morgan fingerprint density at radius 3 is 2.83 bits per heavy atom. The van der Waals surface area contributed by atoms with Gasteiger partial charge in [0.15, 0.2) is 0 Å². The second kappa shape index (κ2) is 8.44. The molecular formula is C17H21N3O3S. The number of nitrogens with two attached hydrogens (primary N) is 1. The fraction of sp³-hybridized carbons (Fsp3) is 0.353. The molecule has 2 atom stereocenters. The molecule has 0 aliphatic rings. The predicted molar refractivity (Wildman–Crippen MR) is 92.8 cm³/mol. The third-order valence-electron chi connectivity index (χ3n) is 3.77. The summed E-state index contributed by atoms with van der Waals surface area (Å²) in [5.74, 6) is -0.350. The van der Waals surface area contributed by atoms with Crippen molar-refractivity contribution in [1.29, 1.82) is 0 Å². The predicted octanol–water partition coefficient (Wildman–Crippen LogP) is 2.35. The zero-order valence-electron chi connectivity index (χ0n) is 13.7. The van der Waals surface area contributed by atoms with Crippen LogP contribution in [0.15, 0.2) is 35.2 Å². The lowest BCUT2D eigenvalue weighted by molar-refractivity contribution is -0.120. The highest BCUT2D eigenvalue weighted by atomic mass is 32.1. The second-order valence-electron chi connectivity index (χ2n) is 5.54. The van der Waals surface area contributed by atoms with E-state index < -0.39 is 11.9 Å². The van der Waals surface area contributed by atoms with E-state index in [1.54, 1.807) is 29.8 Å². The lowest BCUT2D eigenvalue weighted by Gasteiger charge is -2.21. The number of carbonyl (C=O) groups excluding carboxylic acids is 2. The van der Waals surface area contributed by atoms with Gasteiger partial charge in [-0.05, 0) is 24.1 Å². The summed E-state index contributed by atoms with van der Waals surface area (Å²) in [6, 6.07) is 6.11. The molecule has 24 heavy (non-hydrogen) atoms. The summed E-state index contributed by atoms with van der Waals surface area (Å²) in [6.45, 7) is 4.16. The number of primary amides is 1. The Labute approximate surface area is 145 Å². The van der Waals surface area contributed by atoms with Crippen molar-refractivity contribution in [1.82, 2.24) is 10.3 Å². The molecule has 128 valence electrons. The van der Waals surface area contributed by atoms with Gasteiger partial charge < -0.3 is 15.8 Å². The molecular weight excluding hydrogens is 326 g/mol. The van der Waals surface area contributed by atoms with Crippen LogP contribution in [0.25, 0.3) is 0 Å². The van der Waals surface area contributed by atoms with Crippen LogP contribution in [-0.4, -0.2) is 22.8 Å². The first-order chi connectivity index (χ1) is 11.5. The number of rotatable bonds is 8. The molecule has 1 heterocycles. The lowest BCUT2D eigenvalue weighted by Crippen LogP contribution is -2.48. The third kappa shape index (κ3) is 4.79. The van der Waals surface area contributed by atoms with Crippen molar-refractivity contribution in [2.24, 2.45) is 11.7 Å². The summed E-state index contributed by atoms with van der Waals surface area (Å²) in [6.07, 6.45) is 0.741. The van der Waals surface area contributed by atoms with Crippen LogP contribution in [-0.2, 0) is 11.4 Å². The lowest BCUT2D eigenvalue weighted by atomic mass is 9.98. The highest BCUT2D eigenvalue weighted by molar-refractivity contribution is 7.07. The summed E-state index contributed by atoms with van der Waals surface area (Å²) in [5.41, 5.74) is 8.38. The number of thiazole rings is 1. The third-order valence-corrected chi connectivity index (χ3v) is 4.41. The molecule has 2 aromatic rings. The Kier molecular flexibility index (Phi) is 6.31. The van der Waals surface area contributed by atoms with Crippen molar-refractivity contribution in [2.45, 2.75) is 32.9 Å². The van der Waals surface area contributed by atoms with E-state index in [4.69, 9.17) is 10.5 Å². The minimum atomic E-state index is -0.693. The van der Waals surface area contributed by atoms with Crippen LogP contribution in [0.3, 0.4) is 0 Å². The molecule has 6 nitrogen and oxygen atoms in total. The number of nitrogens with one attached hydrogen (secondary N) is 1. The van der Waals surface area contributed by atoms with Gasteiger partial charge in [0.2, 0.25) is 5.91 Å². The van der Waals surface area contributed by atoms with Gasteiger partial charge in [-0.25, -0.2) is 4.98 Å². The van der Waals surface area contributed by atoms with E-state index in [1.165, 1.54) is 11.3 Å². The first-order valence-electron chi connectivity index (χ1n) is 7.71. The van der Waals surface area contributed by atoms with Gasteiger partial charge in [-0.2, -0.15) is 0 Å². The van der Waals surface area contributed by atoms with E-state index in [-0.39, 0.29) is 11.8 Å². The van der Waals surface area contributed by atoms with Crippen molar-refractivity contribution in [3.05, 3.63) is 46.4 Å². The molecule has 0 fully saturated rings. The highest BCUT2D eigenvalue weighted by Gasteiger charge is 2.24. The van der Waals surface area contributed by atoms with Gasteiger partial charge in [-0.15, -0.1) is 11.3 Å².